The van der Waals surface area contributed by atoms with Crippen molar-refractivity contribution in [2.75, 3.05) is 12.0 Å². The molecule has 0 saturated carbocycles. The van der Waals surface area contributed by atoms with Crippen LogP contribution in [0.4, 0.5) is 5.69 Å². The number of Topliss-reactive ketones (excluding diaryl/α,β-unsaturated/α-hetero) is 1. The molecule has 1 N–H and O–H groups in total. The summed E-state index contributed by atoms with van der Waals surface area (Å²) in [5.41, 5.74) is 3.08. The highest BCUT2D eigenvalue weighted by atomic mass is 16.5. The van der Waals surface area contributed by atoms with E-state index in [9.17, 15) is 14.7 Å². The van der Waals surface area contributed by atoms with Crippen LogP contribution >= 0.6 is 0 Å². The van der Waals surface area contributed by atoms with Crippen molar-refractivity contribution in [3.63, 3.8) is 0 Å². The van der Waals surface area contributed by atoms with Crippen molar-refractivity contribution in [1.82, 2.24) is 4.98 Å². The van der Waals surface area contributed by atoms with Gasteiger partial charge in [0, 0.05) is 17.1 Å². The average molecular weight is 465 g/mol. The van der Waals surface area contributed by atoms with E-state index in [1.807, 2.05) is 56.3 Å². The van der Waals surface area contributed by atoms with Gasteiger partial charge < -0.3 is 9.84 Å². The minimum atomic E-state index is -0.885. The fourth-order valence-corrected chi connectivity index (χ4v) is 4.73. The molecule has 1 aromatic heterocycles. The van der Waals surface area contributed by atoms with Crippen LogP contribution in [0.15, 0.2) is 84.6 Å². The molecule has 1 amide bonds. The lowest BCUT2D eigenvalue weighted by Gasteiger charge is -2.26. The Bertz CT molecular complexity index is 1500. The molecule has 35 heavy (non-hydrogen) atoms. The number of aliphatic hydroxyl groups is 1. The van der Waals surface area contributed by atoms with Gasteiger partial charge in [-0.15, -0.1) is 0 Å². The van der Waals surface area contributed by atoms with Gasteiger partial charge in [-0.1, -0.05) is 42.5 Å². The number of hydrogen-bond acceptors (Lipinski definition) is 5. The number of hydrogen-bond donors (Lipinski definition) is 1. The number of benzene rings is 3. The summed E-state index contributed by atoms with van der Waals surface area (Å²) < 4.78 is 5.39. The van der Waals surface area contributed by atoms with Crippen LogP contribution < -0.4 is 9.64 Å². The van der Waals surface area contributed by atoms with Crippen LogP contribution in [0, 0.1) is 13.8 Å². The number of aliphatic hydroxyl groups excluding tert-OH is 1. The Morgan fingerprint density at radius 2 is 1.69 bits per heavy atom. The summed E-state index contributed by atoms with van der Waals surface area (Å²) in [4.78, 5) is 32.9. The topological polar surface area (TPSA) is 79.7 Å². The molecular weight excluding hydrogens is 440 g/mol. The lowest BCUT2D eigenvalue weighted by Crippen LogP contribution is -2.30. The molecule has 5 rings (SSSR count). The molecule has 4 aromatic rings. The molecule has 1 saturated heterocycles. The Balaban J connectivity index is 1.78. The third-order valence-corrected chi connectivity index (χ3v) is 6.44. The summed E-state index contributed by atoms with van der Waals surface area (Å²) in [6.07, 6.45) is 1.61. The van der Waals surface area contributed by atoms with Gasteiger partial charge in [-0.3, -0.25) is 19.5 Å². The quantitative estimate of drug-likeness (QED) is 0.246. The van der Waals surface area contributed by atoms with E-state index in [4.69, 9.17) is 4.74 Å². The Labute approximate surface area is 203 Å². The summed E-state index contributed by atoms with van der Waals surface area (Å²) in [7, 11) is 1.58. The first-order chi connectivity index (χ1) is 16.9. The Morgan fingerprint density at radius 1 is 0.943 bits per heavy atom. The van der Waals surface area contributed by atoms with Gasteiger partial charge in [0.1, 0.15) is 17.6 Å². The van der Waals surface area contributed by atoms with Gasteiger partial charge in [-0.2, -0.15) is 0 Å². The van der Waals surface area contributed by atoms with Crippen molar-refractivity contribution in [2.24, 2.45) is 0 Å². The van der Waals surface area contributed by atoms with Crippen molar-refractivity contribution in [1.29, 1.82) is 0 Å². The first-order valence-electron chi connectivity index (χ1n) is 11.3. The molecule has 6 heteroatoms. The van der Waals surface area contributed by atoms with E-state index in [0.29, 0.717) is 22.7 Å². The fraction of sp³-hybridized carbons (Fsp3) is 0.138. The van der Waals surface area contributed by atoms with Crippen LogP contribution in [-0.4, -0.2) is 28.9 Å². The molecule has 2 heterocycles. The maximum absolute atomic E-state index is 13.5. The highest BCUT2D eigenvalue weighted by Gasteiger charge is 2.48. The largest absolute Gasteiger partial charge is 0.507 e. The molecule has 1 aliphatic rings. The van der Waals surface area contributed by atoms with Crippen LogP contribution in [0.3, 0.4) is 0 Å². The zero-order valence-corrected chi connectivity index (χ0v) is 19.6. The number of anilines is 1. The van der Waals surface area contributed by atoms with Crippen molar-refractivity contribution in [3.05, 3.63) is 107 Å². The van der Waals surface area contributed by atoms with Crippen LogP contribution in [0.1, 0.15) is 28.4 Å². The highest BCUT2D eigenvalue weighted by Crippen LogP contribution is 2.44. The van der Waals surface area contributed by atoms with Crippen molar-refractivity contribution in [2.45, 2.75) is 19.9 Å². The van der Waals surface area contributed by atoms with Crippen LogP contribution in [0.2, 0.25) is 0 Å². The van der Waals surface area contributed by atoms with Crippen molar-refractivity contribution < 1.29 is 19.4 Å². The molecule has 3 aromatic carbocycles. The smallest absolute Gasteiger partial charge is 0.300 e. The molecule has 1 atom stereocenters. The maximum Gasteiger partial charge on any atom is 0.300 e. The van der Waals surface area contributed by atoms with Crippen LogP contribution in [0.5, 0.6) is 5.75 Å². The number of methoxy groups -OCH3 is 1. The molecule has 0 radical (unpaired) electrons. The summed E-state index contributed by atoms with van der Waals surface area (Å²) in [6.45, 7) is 3.69. The third kappa shape index (κ3) is 3.64. The van der Waals surface area contributed by atoms with E-state index in [1.54, 1.807) is 43.6 Å². The maximum atomic E-state index is 13.5. The first-order valence-corrected chi connectivity index (χ1v) is 11.3. The van der Waals surface area contributed by atoms with E-state index < -0.39 is 17.7 Å². The second kappa shape index (κ2) is 8.72. The van der Waals surface area contributed by atoms with Crippen LogP contribution in [-0.2, 0) is 9.59 Å². The Kier molecular flexibility index (Phi) is 5.57. The third-order valence-electron chi connectivity index (χ3n) is 6.44. The van der Waals surface area contributed by atoms with Gasteiger partial charge in [-0.25, -0.2) is 0 Å². The van der Waals surface area contributed by atoms with Crippen LogP contribution in [0.25, 0.3) is 16.5 Å². The molecule has 0 aliphatic carbocycles. The number of aromatic nitrogens is 1. The monoisotopic (exact) mass is 464 g/mol. The second-order valence-electron chi connectivity index (χ2n) is 8.56. The zero-order valence-electron chi connectivity index (χ0n) is 19.6. The molecule has 1 aliphatic heterocycles. The number of aryl methyl sites for hydroxylation is 2. The number of carbonyl (C=O) groups excluding carboxylic acids is 2. The van der Waals surface area contributed by atoms with E-state index in [-0.39, 0.29) is 11.3 Å². The number of pyridine rings is 1. The van der Waals surface area contributed by atoms with Gasteiger partial charge in [0.05, 0.1) is 24.1 Å². The number of amides is 1. The minimum absolute atomic E-state index is 0.00861. The number of rotatable bonds is 4. The Hall–Kier alpha value is -4.45. The van der Waals surface area contributed by atoms with E-state index >= 15 is 0 Å². The molecule has 6 nitrogen and oxygen atoms in total. The zero-order chi connectivity index (χ0) is 24.7. The number of ketones is 1. The SMILES string of the molecule is COc1cc(C)c(/C(O)=C2\C(=O)C(=O)N(c3cccc4ccccc34)C2c2ccccn2)cc1C. The summed E-state index contributed by atoms with van der Waals surface area (Å²) in [5.74, 6) is -1.01. The highest BCUT2D eigenvalue weighted by molar-refractivity contribution is 6.52. The first kappa shape index (κ1) is 22.3. The average Bonchev–Trinajstić information content (AvgIpc) is 3.15. The Morgan fingerprint density at radius 3 is 2.43 bits per heavy atom. The number of nitrogens with zero attached hydrogens (tertiary/aromatic N) is 2. The van der Waals surface area contributed by atoms with E-state index in [2.05, 4.69) is 4.98 Å². The molecule has 1 unspecified atom stereocenters. The fourth-order valence-electron chi connectivity index (χ4n) is 4.73. The lowest BCUT2D eigenvalue weighted by molar-refractivity contribution is -0.132. The van der Waals surface area contributed by atoms with Gasteiger partial charge in [-0.05, 0) is 60.7 Å². The predicted molar refractivity (Wildman–Crippen MR) is 135 cm³/mol. The normalized spacial score (nSPS) is 17.2. The predicted octanol–water partition coefficient (Wildman–Crippen LogP) is 5.49. The van der Waals surface area contributed by atoms with Crippen molar-refractivity contribution in [3.8, 4) is 5.75 Å². The minimum Gasteiger partial charge on any atom is -0.507 e. The van der Waals surface area contributed by atoms with Crippen molar-refractivity contribution >= 4 is 33.9 Å². The molecule has 174 valence electrons. The lowest BCUT2D eigenvalue weighted by atomic mass is 9.94. The molecule has 0 bridgehead atoms. The summed E-state index contributed by atoms with van der Waals surface area (Å²) in [6, 6.07) is 21.3. The van der Waals surface area contributed by atoms with E-state index in [0.717, 1.165) is 21.9 Å². The summed E-state index contributed by atoms with van der Waals surface area (Å²) >= 11 is 0. The van der Waals surface area contributed by atoms with Gasteiger partial charge in [0.15, 0.2) is 0 Å². The van der Waals surface area contributed by atoms with Gasteiger partial charge >= 0.3 is 0 Å². The van der Waals surface area contributed by atoms with Gasteiger partial charge in [0.2, 0.25) is 0 Å². The van der Waals surface area contributed by atoms with Gasteiger partial charge in [0.25, 0.3) is 11.7 Å². The number of carbonyl (C=O) groups is 2. The van der Waals surface area contributed by atoms with E-state index in [1.165, 1.54) is 4.90 Å². The number of fused-ring (bicyclic) bond motifs is 1. The second-order valence-corrected chi connectivity index (χ2v) is 8.56. The molecule has 1 fully saturated rings. The standard InChI is InChI=1S/C29H24N2O4/c1-17-16-24(35-3)18(2)15-21(17)27(32)25-26(22-12-6-7-14-30-22)31(29(34)28(25)33)23-13-8-10-19-9-4-5-11-20(19)23/h4-16,26,32H,1-3H3/b27-25+. The number of ether oxygens (including phenoxy) is 1. The summed E-state index contributed by atoms with van der Waals surface area (Å²) in [5, 5.41) is 13.3. The molecular formula is C29H24N2O4. The molecule has 0 spiro atoms.